The van der Waals surface area contributed by atoms with E-state index in [9.17, 15) is 19.2 Å². The molecular formula is C16H24O8. The molecule has 0 aliphatic heterocycles. The average Bonchev–Trinajstić information content (AvgIpc) is 2.79. The highest BCUT2D eigenvalue weighted by Gasteiger charge is 2.36. The maximum atomic E-state index is 11.0. The summed E-state index contributed by atoms with van der Waals surface area (Å²) < 4.78 is 0. The van der Waals surface area contributed by atoms with E-state index in [0.717, 1.165) is 12.8 Å². The molecule has 1 rings (SSSR count). The van der Waals surface area contributed by atoms with Gasteiger partial charge in [-0.2, -0.15) is 0 Å². The van der Waals surface area contributed by atoms with Crippen LogP contribution < -0.4 is 0 Å². The van der Waals surface area contributed by atoms with Gasteiger partial charge in [0.05, 0.1) is 0 Å². The maximum Gasteiger partial charge on any atom is 0.317 e. The van der Waals surface area contributed by atoms with Crippen LogP contribution in [0.4, 0.5) is 0 Å². The molecule has 1 saturated carbocycles. The van der Waals surface area contributed by atoms with E-state index in [1.54, 1.807) is 0 Å². The van der Waals surface area contributed by atoms with Crippen molar-refractivity contribution in [3.63, 3.8) is 0 Å². The van der Waals surface area contributed by atoms with Gasteiger partial charge >= 0.3 is 23.9 Å². The quantitative estimate of drug-likeness (QED) is 0.438. The fourth-order valence-corrected chi connectivity index (χ4v) is 3.69. The summed E-state index contributed by atoms with van der Waals surface area (Å²) in [5.41, 5.74) is 0. The number of hydrogen-bond donors (Lipinski definition) is 4. The topological polar surface area (TPSA) is 149 Å². The van der Waals surface area contributed by atoms with Crippen molar-refractivity contribution >= 4 is 23.9 Å². The van der Waals surface area contributed by atoms with Crippen LogP contribution in [0.15, 0.2) is 0 Å². The van der Waals surface area contributed by atoms with Gasteiger partial charge in [0.15, 0.2) is 11.8 Å². The zero-order valence-corrected chi connectivity index (χ0v) is 13.6. The Bertz CT molecular complexity index is 472. The van der Waals surface area contributed by atoms with Crippen molar-refractivity contribution in [1.82, 2.24) is 0 Å². The van der Waals surface area contributed by atoms with Crippen LogP contribution in [-0.4, -0.2) is 44.3 Å². The number of carbonyl (C=O) groups is 4. The van der Waals surface area contributed by atoms with Crippen molar-refractivity contribution in [2.45, 2.75) is 45.4 Å². The van der Waals surface area contributed by atoms with E-state index in [1.807, 2.05) is 6.92 Å². The van der Waals surface area contributed by atoms with Crippen molar-refractivity contribution in [2.75, 3.05) is 0 Å². The number of rotatable bonds is 10. The molecule has 8 nitrogen and oxygen atoms in total. The SMILES string of the molecule is CC1CCC(CCC(C(=O)O)C(=O)O)C1CCC(C(=O)O)C(=O)O. The van der Waals surface area contributed by atoms with Gasteiger partial charge in [0.2, 0.25) is 0 Å². The fraction of sp³-hybridized carbons (Fsp3) is 0.750. The van der Waals surface area contributed by atoms with Gasteiger partial charge in [-0.05, 0) is 49.9 Å². The number of hydrogen-bond acceptors (Lipinski definition) is 4. The number of aliphatic carboxylic acids is 4. The van der Waals surface area contributed by atoms with Crippen LogP contribution in [0.3, 0.4) is 0 Å². The molecule has 0 amide bonds. The highest BCUT2D eigenvalue weighted by atomic mass is 16.4. The second kappa shape index (κ2) is 8.65. The molecule has 136 valence electrons. The monoisotopic (exact) mass is 344 g/mol. The van der Waals surface area contributed by atoms with E-state index < -0.39 is 35.7 Å². The summed E-state index contributed by atoms with van der Waals surface area (Å²) in [5.74, 6) is -7.84. The van der Waals surface area contributed by atoms with Crippen molar-refractivity contribution in [3.05, 3.63) is 0 Å². The van der Waals surface area contributed by atoms with Crippen molar-refractivity contribution in [1.29, 1.82) is 0 Å². The predicted molar refractivity (Wildman–Crippen MR) is 81.4 cm³/mol. The second-order valence-corrected chi connectivity index (χ2v) is 6.59. The molecule has 0 aromatic rings. The summed E-state index contributed by atoms with van der Waals surface area (Å²) in [5, 5.41) is 35.7. The van der Waals surface area contributed by atoms with Crippen LogP contribution in [0.1, 0.15) is 45.4 Å². The fourth-order valence-electron chi connectivity index (χ4n) is 3.69. The molecule has 0 aromatic heterocycles. The largest absolute Gasteiger partial charge is 0.481 e. The lowest BCUT2D eigenvalue weighted by Gasteiger charge is -2.24. The molecular weight excluding hydrogens is 320 g/mol. The van der Waals surface area contributed by atoms with E-state index >= 15 is 0 Å². The van der Waals surface area contributed by atoms with E-state index in [4.69, 9.17) is 20.4 Å². The van der Waals surface area contributed by atoms with E-state index in [1.165, 1.54) is 0 Å². The van der Waals surface area contributed by atoms with Gasteiger partial charge < -0.3 is 20.4 Å². The van der Waals surface area contributed by atoms with E-state index in [0.29, 0.717) is 12.8 Å². The van der Waals surface area contributed by atoms with E-state index in [-0.39, 0.29) is 30.6 Å². The summed E-state index contributed by atoms with van der Waals surface area (Å²) in [7, 11) is 0. The van der Waals surface area contributed by atoms with Gasteiger partial charge in [0, 0.05) is 0 Å². The maximum absolute atomic E-state index is 11.0. The Morgan fingerprint density at radius 1 is 0.792 bits per heavy atom. The predicted octanol–water partition coefficient (Wildman–Crippen LogP) is 1.78. The van der Waals surface area contributed by atoms with Crippen molar-refractivity contribution in [2.24, 2.45) is 29.6 Å². The molecule has 1 fully saturated rings. The third kappa shape index (κ3) is 5.21. The lowest BCUT2D eigenvalue weighted by atomic mass is 9.81. The van der Waals surface area contributed by atoms with Gasteiger partial charge in [-0.15, -0.1) is 0 Å². The Morgan fingerprint density at radius 2 is 1.21 bits per heavy atom. The first-order valence-corrected chi connectivity index (χ1v) is 8.06. The summed E-state index contributed by atoms with van der Waals surface area (Å²) >= 11 is 0. The summed E-state index contributed by atoms with van der Waals surface area (Å²) in [4.78, 5) is 43.8. The minimum Gasteiger partial charge on any atom is -0.481 e. The molecule has 4 N–H and O–H groups in total. The number of carboxylic acid groups (broad SMARTS) is 4. The van der Waals surface area contributed by atoms with Crippen molar-refractivity contribution in [3.8, 4) is 0 Å². The Kier molecular flexibility index (Phi) is 7.18. The average molecular weight is 344 g/mol. The second-order valence-electron chi connectivity index (χ2n) is 6.59. The van der Waals surface area contributed by atoms with Gasteiger partial charge in [-0.25, -0.2) is 0 Å². The van der Waals surface area contributed by atoms with Gasteiger partial charge in [0.25, 0.3) is 0 Å². The lowest BCUT2D eigenvalue weighted by molar-refractivity contribution is -0.157. The van der Waals surface area contributed by atoms with Crippen LogP contribution >= 0.6 is 0 Å². The van der Waals surface area contributed by atoms with E-state index in [2.05, 4.69) is 0 Å². The Balaban J connectivity index is 2.64. The molecule has 1 aliphatic rings. The summed E-state index contributed by atoms with van der Waals surface area (Å²) in [6, 6.07) is 0. The van der Waals surface area contributed by atoms with Crippen molar-refractivity contribution < 1.29 is 39.6 Å². The molecule has 0 spiro atoms. The first-order valence-electron chi connectivity index (χ1n) is 8.06. The third-order valence-corrected chi connectivity index (χ3v) is 5.14. The highest BCUT2D eigenvalue weighted by Crippen LogP contribution is 2.43. The Labute approximate surface area is 139 Å². The van der Waals surface area contributed by atoms with Gasteiger partial charge in [0.1, 0.15) is 0 Å². The highest BCUT2D eigenvalue weighted by molar-refractivity contribution is 5.93. The minimum atomic E-state index is -1.44. The zero-order chi connectivity index (χ0) is 18.4. The Hall–Kier alpha value is -2.12. The van der Waals surface area contributed by atoms with Crippen LogP contribution in [-0.2, 0) is 19.2 Å². The third-order valence-electron chi connectivity index (χ3n) is 5.14. The first-order chi connectivity index (χ1) is 11.1. The van der Waals surface area contributed by atoms with Gasteiger partial charge in [-0.1, -0.05) is 13.3 Å². The molecule has 1 aliphatic carbocycles. The first kappa shape index (κ1) is 19.9. The summed E-state index contributed by atoms with van der Waals surface area (Å²) in [6.45, 7) is 2.01. The summed E-state index contributed by atoms with van der Waals surface area (Å²) in [6.07, 6.45) is 2.63. The minimum absolute atomic E-state index is 0.0253. The van der Waals surface area contributed by atoms with Crippen LogP contribution in [0.2, 0.25) is 0 Å². The van der Waals surface area contributed by atoms with Crippen LogP contribution in [0, 0.1) is 29.6 Å². The smallest absolute Gasteiger partial charge is 0.317 e. The molecule has 8 heteroatoms. The van der Waals surface area contributed by atoms with Crippen LogP contribution in [0.25, 0.3) is 0 Å². The van der Waals surface area contributed by atoms with Crippen LogP contribution in [0.5, 0.6) is 0 Å². The Morgan fingerprint density at radius 3 is 1.62 bits per heavy atom. The van der Waals surface area contributed by atoms with Gasteiger partial charge in [-0.3, -0.25) is 19.2 Å². The zero-order valence-electron chi connectivity index (χ0n) is 13.6. The molecule has 3 atom stereocenters. The molecule has 24 heavy (non-hydrogen) atoms. The standard InChI is InChI=1S/C16H24O8/c1-8-2-3-9(4-5-11(13(17)18)14(19)20)10(8)6-7-12(15(21)22)16(23)24/h8-12H,2-7H2,1H3,(H,17,18)(H,19,20)(H,21,22)(H,23,24). The number of carboxylic acids is 4. The molecule has 0 bridgehead atoms. The molecule has 0 aromatic carbocycles. The molecule has 3 unspecified atom stereocenters. The lowest BCUT2D eigenvalue weighted by Crippen LogP contribution is -2.26. The molecule has 0 saturated heterocycles. The normalized spacial score (nSPS) is 23.5. The molecule has 0 radical (unpaired) electrons. The molecule has 0 heterocycles.